The monoisotopic (exact) mass is 609 g/mol. The van der Waals surface area contributed by atoms with Crippen molar-refractivity contribution in [1.82, 2.24) is 10.2 Å². The van der Waals surface area contributed by atoms with Gasteiger partial charge < -0.3 is 10.2 Å². The first-order chi connectivity index (χ1) is 21.3. The summed E-state index contributed by atoms with van der Waals surface area (Å²) < 4.78 is 28.4. The van der Waals surface area contributed by atoms with Gasteiger partial charge in [0.25, 0.3) is 10.0 Å². The molecule has 2 aliphatic rings. The molecule has 1 aliphatic carbocycles. The maximum absolute atomic E-state index is 14.1. The quantitative estimate of drug-likeness (QED) is 0.222. The number of carbonyl (C=O) groups is 2. The van der Waals surface area contributed by atoms with Crippen LogP contribution in [-0.2, 0) is 32.6 Å². The van der Waals surface area contributed by atoms with Crippen molar-refractivity contribution in [1.29, 1.82) is 0 Å². The lowest BCUT2D eigenvalue weighted by molar-refractivity contribution is -0.141. The molecule has 0 spiro atoms. The molecule has 1 heterocycles. The fraction of sp³-hybridized carbons (Fsp3) is 0.333. The van der Waals surface area contributed by atoms with Gasteiger partial charge in [0, 0.05) is 37.4 Å². The predicted octanol–water partition coefficient (Wildman–Crippen LogP) is 6.14. The van der Waals surface area contributed by atoms with E-state index in [0.717, 1.165) is 53.1 Å². The highest BCUT2D eigenvalue weighted by atomic mass is 32.2. The van der Waals surface area contributed by atoms with Crippen molar-refractivity contribution in [2.45, 2.75) is 75.4 Å². The number of hydrogen-bond donors (Lipinski definition) is 1. The summed E-state index contributed by atoms with van der Waals surface area (Å²) in [5, 5.41) is 4.85. The van der Waals surface area contributed by atoms with Crippen molar-refractivity contribution in [2.75, 3.05) is 10.8 Å². The zero-order valence-corrected chi connectivity index (χ0v) is 25.9. The molecule has 8 heteroatoms. The molecule has 1 atom stereocenters. The molecule has 6 rings (SSSR count). The Balaban J connectivity index is 1.25. The first-order valence-electron chi connectivity index (χ1n) is 15.5. The van der Waals surface area contributed by atoms with Gasteiger partial charge in [-0.1, -0.05) is 97.3 Å². The Kier molecular flexibility index (Phi) is 8.71. The van der Waals surface area contributed by atoms with E-state index in [9.17, 15) is 18.0 Å². The van der Waals surface area contributed by atoms with Gasteiger partial charge in [0.15, 0.2) is 0 Å². The summed E-state index contributed by atoms with van der Waals surface area (Å²) in [7, 11) is -3.71. The first-order valence-corrected chi connectivity index (χ1v) is 17.0. The molecule has 44 heavy (non-hydrogen) atoms. The van der Waals surface area contributed by atoms with Gasteiger partial charge in [-0.15, -0.1) is 0 Å². The van der Waals surface area contributed by atoms with Gasteiger partial charge >= 0.3 is 0 Å². The van der Waals surface area contributed by atoms with Crippen molar-refractivity contribution >= 4 is 38.3 Å². The van der Waals surface area contributed by atoms with E-state index in [0.29, 0.717) is 30.0 Å². The number of anilines is 1. The second-order valence-electron chi connectivity index (χ2n) is 12.0. The molecule has 7 nitrogen and oxygen atoms in total. The van der Waals surface area contributed by atoms with Crippen molar-refractivity contribution < 1.29 is 18.0 Å². The van der Waals surface area contributed by atoms with Crippen LogP contribution in [0.5, 0.6) is 0 Å². The molecule has 1 aliphatic heterocycles. The van der Waals surface area contributed by atoms with Crippen LogP contribution in [0.2, 0.25) is 0 Å². The summed E-state index contributed by atoms with van der Waals surface area (Å²) in [4.78, 5) is 30.0. The largest absolute Gasteiger partial charge is 0.352 e. The average molecular weight is 610 g/mol. The van der Waals surface area contributed by atoms with Crippen LogP contribution in [0.3, 0.4) is 0 Å². The maximum Gasteiger partial charge on any atom is 0.265 e. The topological polar surface area (TPSA) is 86.8 Å². The molecule has 0 bridgehead atoms. The van der Waals surface area contributed by atoms with Crippen LogP contribution in [0.1, 0.15) is 55.2 Å². The maximum atomic E-state index is 14.1. The average Bonchev–Trinajstić information content (AvgIpc) is 3.61. The van der Waals surface area contributed by atoms with E-state index in [2.05, 4.69) is 5.32 Å². The summed E-state index contributed by atoms with van der Waals surface area (Å²) in [6, 6.07) is 28.2. The van der Waals surface area contributed by atoms with Gasteiger partial charge in [-0.2, -0.15) is 0 Å². The van der Waals surface area contributed by atoms with E-state index in [1.165, 1.54) is 4.31 Å². The number of amides is 2. The second-order valence-corrected chi connectivity index (χ2v) is 13.8. The third-order valence-electron chi connectivity index (χ3n) is 8.88. The van der Waals surface area contributed by atoms with Crippen molar-refractivity contribution in [2.24, 2.45) is 0 Å². The minimum absolute atomic E-state index is 0.117. The molecular formula is C36H39N3O4S. The molecular weight excluding hydrogens is 570 g/mol. The van der Waals surface area contributed by atoms with Crippen LogP contribution in [0.25, 0.3) is 10.8 Å². The Hall–Kier alpha value is -4.17. The lowest BCUT2D eigenvalue weighted by Crippen LogP contribution is -2.52. The molecule has 4 aromatic carbocycles. The van der Waals surface area contributed by atoms with Gasteiger partial charge in [-0.25, -0.2) is 8.42 Å². The van der Waals surface area contributed by atoms with E-state index in [4.69, 9.17) is 0 Å². The van der Waals surface area contributed by atoms with Crippen molar-refractivity contribution in [3.8, 4) is 0 Å². The number of hydrogen-bond acceptors (Lipinski definition) is 4. The number of aryl methyl sites for hydroxylation is 1. The lowest BCUT2D eigenvalue weighted by atomic mass is 10.0. The molecule has 2 amide bonds. The zero-order valence-electron chi connectivity index (χ0n) is 25.1. The smallest absolute Gasteiger partial charge is 0.265 e. The highest BCUT2D eigenvalue weighted by Crippen LogP contribution is 2.42. The lowest BCUT2D eigenvalue weighted by Gasteiger charge is -2.32. The number of nitrogens with one attached hydrogen (secondary N) is 1. The molecule has 0 unspecified atom stereocenters. The van der Waals surface area contributed by atoms with E-state index in [1.54, 1.807) is 17.0 Å². The molecule has 1 N–H and O–H groups in total. The highest BCUT2D eigenvalue weighted by molar-refractivity contribution is 7.93. The number of sulfonamides is 1. The van der Waals surface area contributed by atoms with Crippen LogP contribution in [-0.4, -0.2) is 43.8 Å². The number of rotatable bonds is 11. The van der Waals surface area contributed by atoms with Crippen LogP contribution in [0.15, 0.2) is 95.9 Å². The fourth-order valence-electron chi connectivity index (χ4n) is 6.53. The SMILES string of the molecule is Cc1ccc(CN(C(=O)CCCN2c3cccc4cccc(c34)S2(=O)=O)[C@H](Cc2ccccc2)C(=O)NC2CCCC2)cc1. The van der Waals surface area contributed by atoms with Gasteiger partial charge in [0.2, 0.25) is 11.8 Å². The van der Waals surface area contributed by atoms with E-state index < -0.39 is 16.1 Å². The standard InChI is InChI=1S/C36H39N3O4S/c1-26-19-21-28(22-20-26)25-38(32(24-27-10-3-2-4-11-27)36(41)37-30-14-5-6-15-30)34(40)18-9-23-39-31-16-7-12-29-13-8-17-33(35(29)31)44(39,42)43/h2-4,7-8,10-13,16-17,19-22,30,32H,5-6,9,14-15,18,23-25H2,1H3,(H,37,41)/t32-/m1/s1. The van der Waals surface area contributed by atoms with Crippen LogP contribution >= 0.6 is 0 Å². The fourth-order valence-corrected chi connectivity index (χ4v) is 8.28. The summed E-state index contributed by atoms with van der Waals surface area (Å²) >= 11 is 0. The molecule has 228 valence electrons. The van der Waals surface area contributed by atoms with Gasteiger partial charge in [-0.05, 0) is 54.8 Å². The Morgan fingerprint density at radius 3 is 2.32 bits per heavy atom. The van der Waals surface area contributed by atoms with Crippen LogP contribution in [0.4, 0.5) is 5.69 Å². The predicted molar refractivity (Wildman–Crippen MR) is 174 cm³/mol. The van der Waals surface area contributed by atoms with Gasteiger partial charge in [0.05, 0.1) is 10.6 Å². The number of nitrogens with zero attached hydrogens (tertiary/aromatic N) is 2. The molecule has 4 aromatic rings. The molecule has 0 radical (unpaired) electrons. The molecule has 1 fully saturated rings. The Morgan fingerprint density at radius 1 is 0.886 bits per heavy atom. The summed E-state index contributed by atoms with van der Waals surface area (Å²) in [6.45, 7) is 2.49. The summed E-state index contributed by atoms with van der Waals surface area (Å²) in [5.41, 5.74) is 3.70. The van der Waals surface area contributed by atoms with Gasteiger partial charge in [0.1, 0.15) is 6.04 Å². The Morgan fingerprint density at radius 2 is 1.59 bits per heavy atom. The highest BCUT2D eigenvalue weighted by Gasteiger charge is 2.36. The third kappa shape index (κ3) is 6.22. The third-order valence-corrected chi connectivity index (χ3v) is 10.7. The summed E-state index contributed by atoms with van der Waals surface area (Å²) in [6.07, 6.45) is 4.94. The minimum atomic E-state index is -3.71. The van der Waals surface area contributed by atoms with Crippen LogP contribution < -0.4 is 9.62 Å². The van der Waals surface area contributed by atoms with Crippen molar-refractivity contribution in [3.05, 3.63) is 108 Å². The first kappa shape index (κ1) is 29.9. The Bertz CT molecular complexity index is 1740. The van der Waals surface area contributed by atoms with E-state index in [1.807, 2.05) is 85.8 Å². The van der Waals surface area contributed by atoms with E-state index >= 15 is 0 Å². The van der Waals surface area contributed by atoms with E-state index in [-0.39, 0.29) is 30.8 Å². The second kappa shape index (κ2) is 12.8. The normalized spacial score (nSPS) is 16.2. The van der Waals surface area contributed by atoms with Crippen LogP contribution in [0, 0.1) is 6.92 Å². The number of benzene rings is 4. The molecule has 0 aromatic heterocycles. The number of carbonyl (C=O) groups excluding carboxylic acids is 2. The summed E-state index contributed by atoms with van der Waals surface area (Å²) in [5.74, 6) is -0.300. The molecule has 0 saturated heterocycles. The zero-order chi connectivity index (χ0) is 30.7. The minimum Gasteiger partial charge on any atom is -0.352 e. The Labute approximate surface area is 259 Å². The molecule has 1 saturated carbocycles. The van der Waals surface area contributed by atoms with Gasteiger partial charge in [-0.3, -0.25) is 13.9 Å². The van der Waals surface area contributed by atoms with Crippen molar-refractivity contribution in [3.63, 3.8) is 0 Å².